The molecule has 0 N–H and O–H groups in total. The van der Waals surface area contributed by atoms with Gasteiger partial charge in [-0.15, -0.1) is 0 Å². The molecule has 25 heavy (non-hydrogen) atoms. The zero-order valence-electron chi connectivity index (χ0n) is 14.0. The van der Waals surface area contributed by atoms with E-state index in [4.69, 9.17) is 14.0 Å². The molecule has 0 aliphatic heterocycles. The minimum Gasteiger partial charge on any atom is -0.482 e. The minimum absolute atomic E-state index is 0.0746. The van der Waals surface area contributed by atoms with Gasteiger partial charge in [0.1, 0.15) is 23.8 Å². The van der Waals surface area contributed by atoms with Gasteiger partial charge in [-0.3, -0.25) is 0 Å². The van der Waals surface area contributed by atoms with Crippen molar-refractivity contribution >= 4 is 5.97 Å². The van der Waals surface area contributed by atoms with Gasteiger partial charge in [0.15, 0.2) is 6.61 Å². The van der Waals surface area contributed by atoms with Gasteiger partial charge in [-0.25, -0.2) is 4.79 Å². The molecule has 0 saturated heterocycles. The SMILES string of the molecule is Cc1cc(COC(=O)COc2ccccc2Cc2ccccc2)no1. The van der Waals surface area contributed by atoms with Gasteiger partial charge in [0.05, 0.1) is 0 Å². The normalized spacial score (nSPS) is 10.4. The van der Waals surface area contributed by atoms with E-state index in [1.807, 2.05) is 42.5 Å². The first-order chi connectivity index (χ1) is 12.2. The largest absolute Gasteiger partial charge is 0.482 e. The predicted molar refractivity (Wildman–Crippen MR) is 92.2 cm³/mol. The molecule has 0 aliphatic carbocycles. The molecule has 0 amide bonds. The summed E-state index contributed by atoms with van der Waals surface area (Å²) < 4.78 is 15.7. The summed E-state index contributed by atoms with van der Waals surface area (Å²) in [5, 5.41) is 3.77. The van der Waals surface area contributed by atoms with Crippen LogP contribution in [0.4, 0.5) is 0 Å². The number of esters is 1. The number of carbonyl (C=O) groups is 1. The molecule has 0 bridgehead atoms. The lowest BCUT2D eigenvalue weighted by Gasteiger charge is -2.11. The molecule has 0 atom stereocenters. The third kappa shape index (κ3) is 4.94. The summed E-state index contributed by atoms with van der Waals surface area (Å²) in [5.74, 6) is 0.910. The number of hydrogen-bond donors (Lipinski definition) is 0. The molecule has 128 valence electrons. The smallest absolute Gasteiger partial charge is 0.344 e. The van der Waals surface area contributed by atoms with Crippen LogP contribution >= 0.6 is 0 Å². The summed E-state index contributed by atoms with van der Waals surface area (Å²) in [6, 6.07) is 19.5. The summed E-state index contributed by atoms with van der Waals surface area (Å²) in [5.41, 5.74) is 2.78. The number of nitrogens with zero attached hydrogens (tertiary/aromatic N) is 1. The van der Waals surface area contributed by atoms with Crippen LogP contribution in [0.15, 0.2) is 65.2 Å². The molecule has 1 heterocycles. The first-order valence-corrected chi connectivity index (χ1v) is 8.03. The fourth-order valence-corrected chi connectivity index (χ4v) is 2.43. The molecule has 2 aromatic carbocycles. The van der Waals surface area contributed by atoms with E-state index in [0.29, 0.717) is 17.2 Å². The summed E-state index contributed by atoms with van der Waals surface area (Å²) in [6.07, 6.45) is 0.740. The van der Waals surface area contributed by atoms with Crippen LogP contribution in [0.1, 0.15) is 22.6 Å². The Morgan fingerprint density at radius 1 is 1.08 bits per heavy atom. The molecular weight excluding hydrogens is 318 g/mol. The molecule has 0 saturated carbocycles. The molecule has 0 aliphatic rings. The molecule has 0 fully saturated rings. The number of ether oxygens (including phenoxy) is 2. The number of benzene rings is 2. The van der Waals surface area contributed by atoms with Crippen molar-refractivity contribution in [1.29, 1.82) is 0 Å². The summed E-state index contributed by atoms with van der Waals surface area (Å²) in [7, 11) is 0. The lowest BCUT2D eigenvalue weighted by atomic mass is 10.0. The zero-order valence-corrected chi connectivity index (χ0v) is 14.0. The fraction of sp³-hybridized carbons (Fsp3) is 0.200. The van der Waals surface area contributed by atoms with Gasteiger partial charge in [-0.1, -0.05) is 53.7 Å². The second-order valence-corrected chi connectivity index (χ2v) is 5.65. The van der Waals surface area contributed by atoms with E-state index in [-0.39, 0.29) is 13.2 Å². The van der Waals surface area contributed by atoms with Gasteiger partial charge >= 0.3 is 5.97 Å². The van der Waals surface area contributed by atoms with E-state index >= 15 is 0 Å². The number of aryl methyl sites for hydroxylation is 1. The maximum atomic E-state index is 11.9. The van der Waals surface area contributed by atoms with Crippen LogP contribution in [0.25, 0.3) is 0 Å². The Morgan fingerprint density at radius 2 is 1.84 bits per heavy atom. The van der Waals surface area contributed by atoms with Gasteiger partial charge in [0.25, 0.3) is 0 Å². The quantitative estimate of drug-likeness (QED) is 0.615. The molecule has 5 nitrogen and oxygen atoms in total. The molecule has 1 aromatic heterocycles. The zero-order chi connectivity index (χ0) is 17.5. The first-order valence-electron chi connectivity index (χ1n) is 8.03. The van der Waals surface area contributed by atoms with E-state index < -0.39 is 5.97 Å². The van der Waals surface area contributed by atoms with Crippen LogP contribution < -0.4 is 4.74 Å². The van der Waals surface area contributed by atoms with Gasteiger partial charge in [0, 0.05) is 12.5 Å². The number of carbonyl (C=O) groups excluding carboxylic acids is 1. The van der Waals surface area contributed by atoms with Gasteiger partial charge in [0.2, 0.25) is 0 Å². The van der Waals surface area contributed by atoms with Crippen molar-refractivity contribution in [2.75, 3.05) is 6.61 Å². The molecule has 5 heteroatoms. The Bertz CT molecular complexity index is 826. The summed E-state index contributed by atoms with van der Waals surface area (Å²) in [4.78, 5) is 11.9. The predicted octanol–water partition coefficient (Wildman–Crippen LogP) is 3.70. The molecular formula is C20H19NO4. The standard InChI is InChI=1S/C20H19NO4/c1-15-11-18(21-25-15)13-24-20(22)14-23-19-10-6-5-9-17(19)12-16-7-3-2-4-8-16/h2-11H,12-14H2,1H3. The van der Waals surface area contributed by atoms with Crippen molar-refractivity contribution in [2.45, 2.75) is 20.0 Å². The lowest BCUT2D eigenvalue weighted by Crippen LogP contribution is -2.15. The van der Waals surface area contributed by atoms with E-state index in [2.05, 4.69) is 17.3 Å². The van der Waals surface area contributed by atoms with Crippen LogP contribution in [0.5, 0.6) is 5.75 Å². The summed E-state index contributed by atoms with van der Waals surface area (Å²) >= 11 is 0. The molecule has 3 aromatic rings. The average Bonchev–Trinajstić information content (AvgIpc) is 3.05. The maximum Gasteiger partial charge on any atom is 0.344 e. The van der Waals surface area contributed by atoms with Crippen molar-refractivity contribution in [1.82, 2.24) is 5.16 Å². The van der Waals surface area contributed by atoms with Gasteiger partial charge in [-0.2, -0.15) is 0 Å². The van der Waals surface area contributed by atoms with Crippen LogP contribution in [-0.4, -0.2) is 17.7 Å². The molecule has 0 spiro atoms. The second kappa shape index (κ2) is 8.15. The first kappa shape index (κ1) is 16.8. The van der Waals surface area contributed by atoms with Crippen molar-refractivity contribution in [2.24, 2.45) is 0 Å². The third-order valence-electron chi connectivity index (χ3n) is 3.61. The summed E-state index contributed by atoms with van der Waals surface area (Å²) in [6.45, 7) is 1.71. The monoisotopic (exact) mass is 337 g/mol. The van der Waals surface area contributed by atoms with Crippen LogP contribution in [0, 0.1) is 6.92 Å². The van der Waals surface area contributed by atoms with Gasteiger partial charge in [-0.05, 0) is 24.1 Å². The van der Waals surface area contributed by atoms with E-state index in [1.165, 1.54) is 5.56 Å². The van der Waals surface area contributed by atoms with Crippen LogP contribution in [0.3, 0.4) is 0 Å². The molecule has 0 radical (unpaired) electrons. The molecule has 0 unspecified atom stereocenters. The van der Waals surface area contributed by atoms with Crippen molar-refractivity contribution in [3.05, 3.63) is 83.2 Å². The molecule has 3 rings (SSSR count). The fourth-order valence-electron chi connectivity index (χ4n) is 2.43. The van der Waals surface area contributed by atoms with Crippen molar-refractivity contribution in [3.63, 3.8) is 0 Å². The Labute approximate surface area is 146 Å². The van der Waals surface area contributed by atoms with E-state index in [1.54, 1.807) is 13.0 Å². The highest BCUT2D eigenvalue weighted by atomic mass is 16.6. The Balaban J connectivity index is 1.55. The highest BCUT2D eigenvalue weighted by Gasteiger charge is 2.10. The van der Waals surface area contributed by atoms with Crippen molar-refractivity contribution in [3.8, 4) is 5.75 Å². The van der Waals surface area contributed by atoms with Crippen LogP contribution in [-0.2, 0) is 22.6 Å². The number of hydrogen-bond acceptors (Lipinski definition) is 5. The Kier molecular flexibility index (Phi) is 5.46. The topological polar surface area (TPSA) is 61.6 Å². The number of para-hydroxylation sites is 1. The Hall–Kier alpha value is -3.08. The third-order valence-corrected chi connectivity index (χ3v) is 3.61. The lowest BCUT2D eigenvalue weighted by molar-refractivity contribution is -0.147. The van der Waals surface area contributed by atoms with E-state index in [0.717, 1.165) is 12.0 Å². The second-order valence-electron chi connectivity index (χ2n) is 5.65. The van der Waals surface area contributed by atoms with Gasteiger partial charge < -0.3 is 14.0 Å². The Morgan fingerprint density at radius 3 is 2.60 bits per heavy atom. The van der Waals surface area contributed by atoms with Crippen LogP contribution in [0.2, 0.25) is 0 Å². The van der Waals surface area contributed by atoms with E-state index in [9.17, 15) is 4.79 Å². The highest BCUT2D eigenvalue weighted by Crippen LogP contribution is 2.21. The highest BCUT2D eigenvalue weighted by molar-refractivity contribution is 5.71. The van der Waals surface area contributed by atoms with Crippen molar-refractivity contribution < 1.29 is 18.8 Å². The number of aromatic nitrogens is 1. The minimum atomic E-state index is -0.449. The maximum absolute atomic E-state index is 11.9. The average molecular weight is 337 g/mol. The number of rotatable bonds is 7.